The van der Waals surface area contributed by atoms with Crippen molar-refractivity contribution in [2.24, 2.45) is 5.18 Å². The number of esters is 1. The second kappa shape index (κ2) is 5.27. The lowest BCUT2D eigenvalue weighted by molar-refractivity contribution is 0.0527. The van der Waals surface area contributed by atoms with Crippen LogP contribution in [0.5, 0.6) is 0 Å². The molecule has 0 saturated heterocycles. The van der Waals surface area contributed by atoms with Crippen molar-refractivity contribution in [3.63, 3.8) is 0 Å². The quantitative estimate of drug-likeness (QED) is 0.662. The van der Waals surface area contributed by atoms with Gasteiger partial charge in [-0.05, 0) is 29.8 Å². The Hall–Kier alpha value is -2.43. The van der Waals surface area contributed by atoms with Gasteiger partial charge in [-0.25, -0.2) is 4.79 Å². The van der Waals surface area contributed by atoms with Crippen molar-refractivity contribution in [2.45, 2.75) is 6.92 Å². The third-order valence-corrected chi connectivity index (χ3v) is 2.52. The number of nitrogens with zero attached hydrogens (tertiary/aromatic N) is 1. The number of hydrogen-bond donors (Lipinski definition) is 1. The monoisotopic (exact) mass is 244 g/mol. The van der Waals surface area contributed by atoms with Gasteiger partial charge in [0.1, 0.15) is 5.69 Å². The number of benzene rings is 1. The van der Waals surface area contributed by atoms with E-state index in [1.165, 1.54) is 0 Å². The van der Waals surface area contributed by atoms with Crippen LogP contribution in [0, 0.1) is 4.91 Å². The highest BCUT2D eigenvalue weighted by Crippen LogP contribution is 2.26. The third-order valence-electron chi connectivity index (χ3n) is 2.52. The van der Waals surface area contributed by atoms with Crippen LogP contribution in [0.25, 0.3) is 11.1 Å². The molecule has 1 aromatic heterocycles. The van der Waals surface area contributed by atoms with Crippen LogP contribution < -0.4 is 0 Å². The van der Waals surface area contributed by atoms with Gasteiger partial charge in [0.25, 0.3) is 0 Å². The molecule has 92 valence electrons. The summed E-state index contributed by atoms with van der Waals surface area (Å²) in [6.07, 6.45) is 3.31. The van der Waals surface area contributed by atoms with Crippen molar-refractivity contribution in [2.75, 3.05) is 6.61 Å². The first kappa shape index (κ1) is 12.0. The predicted octanol–water partition coefficient (Wildman–Crippen LogP) is 3.26. The van der Waals surface area contributed by atoms with Crippen molar-refractivity contribution >= 4 is 11.7 Å². The van der Waals surface area contributed by atoms with Gasteiger partial charge in [0.05, 0.1) is 12.2 Å². The Morgan fingerprint density at radius 2 is 2.00 bits per heavy atom. The molecule has 5 heteroatoms. The van der Waals surface area contributed by atoms with Crippen LogP contribution in [0.1, 0.15) is 17.3 Å². The molecule has 5 nitrogen and oxygen atoms in total. The fraction of sp³-hybridized carbons (Fsp3) is 0.154. The molecule has 0 fully saturated rings. The number of carbonyl (C=O) groups excluding carboxylic acids is 1. The number of hydrogen-bond acceptors (Lipinski definition) is 4. The lowest BCUT2D eigenvalue weighted by atomic mass is 10.0. The normalized spacial score (nSPS) is 10.1. The van der Waals surface area contributed by atoms with Gasteiger partial charge >= 0.3 is 5.97 Å². The number of ether oxygens (including phenoxy) is 1. The summed E-state index contributed by atoms with van der Waals surface area (Å²) < 4.78 is 4.97. The van der Waals surface area contributed by atoms with Crippen molar-refractivity contribution in [3.8, 4) is 11.1 Å². The predicted molar refractivity (Wildman–Crippen MR) is 67.6 cm³/mol. The number of rotatable bonds is 4. The lowest BCUT2D eigenvalue weighted by Crippen LogP contribution is -2.04. The number of aromatic amines is 1. The van der Waals surface area contributed by atoms with Gasteiger partial charge in [0, 0.05) is 18.0 Å². The second-order valence-electron chi connectivity index (χ2n) is 3.64. The maximum absolute atomic E-state index is 11.7. The van der Waals surface area contributed by atoms with Gasteiger partial charge in [0.15, 0.2) is 0 Å². The maximum atomic E-state index is 11.7. The van der Waals surface area contributed by atoms with Crippen molar-refractivity contribution in [1.82, 2.24) is 4.98 Å². The maximum Gasteiger partial charge on any atom is 0.340 e. The van der Waals surface area contributed by atoms with E-state index in [0.717, 1.165) is 11.1 Å². The summed E-state index contributed by atoms with van der Waals surface area (Å²) in [6.45, 7) is 2.09. The molecular formula is C13H12N2O3. The molecule has 2 rings (SSSR count). The number of nitroso groups, excluding NO2 is 1. The average molecular weight is 244 g/mol. The van der Waals surface area contributed by atoms with Gasteiger partial charge in [0.2, 0.25) is 0 Å². The van der Waals surface area contributed by atoms with Gasteiger partial charge < -0.3 is 9.72 Å². The molecule has 0 radical (unpaired) electrons. The molecule has 1 aromatic carbocycles. The Morgan fingerprint density at radius 1 is 1.28 bits per heavy atom. The fourth-order valence-corrected chi connectivity index (χ4v) is 1.68. The Balaban J connectivity index is 2.35. The van der Waals surface area contributed by atoms with Crippen LogP contribution in [-0.2, 0) is 4.74 Å². The van der Waals surface area contributed by atoms with E-state index < -0.39 is 0 Å². The number of H-pyrrole nitrogens is 1. The van der Waals surface area contributed by atoms with E-state index in [9.17, 15) is 9.70 Å². The zero-order valence-corrected chi connectivity index (χ0v) is 9.84. The summed E-state index contributed by atoms with van der Waals surface area (Å²) in [5, 5.41) is 2.83. The van der Waals surface area contributed by atoms with E-state index in [1.807, 2.05) is 0 Å². The lowest BCUT2D eigenvalue weighted by Gasteiger charge is -2.03. The molecule has 0 aliphatic heterocycles. The van der Waals surface area contributed by atoms with Crippen LogP contribution in [-0.4, -0.2) is 17.6 Å². The smallest absolute Gasteiger partial charge is 0.340 e. The first-order valence-corrected chi connectivity index (χ1v) is 5.54. The number of aromatic nitrogens is 1. The van der Waals surface area contributed by atoms with Gasteiger partial charge in [-0.2, -0.15) is 0 Å². The highest BCUT2D eigenvalue weighted by atomic mass is 16.5. The molecule has 18 heavy (non-hydrogen) atoms. The van der Waals surface area contributed by atoms with Gasteiger partial charge in [-0.15, -0.1) is 4.91 Å². The molecule has 0 unspecified atom stereocenters. The first-order chi connectivity index (χ1) is 8.76. The van der Waals surface area contributed by atoms with E-state index in [-0.39, 0.29) is 5.97 Å². The van der Waals surface area contributed by atoms with E-state index in [4.69, 9.17) is 4.74 Å². The Bertz CT molecular complexity index is 558. The van der Waals surface area contributed by atoms with E-state index in [0.29, 0.717) is 17.9 Å². The number of nitrogens with one attached hydrogen (secondary N) is 1. The van der Waals surface area contributed by atoms with Gasteiger partial charge in [-0.1, -0.05) is 12.1 Å². The Morgan fingerprint density at radius 3 is 2.61 bits per heavy atom. The van der Waals surface area contributed by atoms with Gasteiger partial charge in [-0.3, -0.25) is 0 Å². The van der Waals surface area contributed by atoms with Crippen LogP contribution in [0.2, 0.25) is 0 Å². The van der Waals surface area contributed by atoms with E-state index in [2.05, 4.69) is 10.2 Å². The topological polar surface area (TPSA) is 71.5 Å². The summed E-state index contributed by atoms with van der Waals surface area (Å²) in [5.41, 5.74) is 2.40. The van der Waals surface area contributed by atoms with Crippen molar-refractivity contribution in [3.05, 3.63) is 47.1 Å². The molecule has 0 amide bonds. The minimum absolute atomic E-state index is 0.331. The third kappa shape index (κ3) is 2.29. The molecule has 0 atom stereocenters. The largest absolute Gasteiger partial charge is 0.462 e. The molecule has 1 heterocycles. The van der Waals surface area contributed by atoms with Crippen molar-refractivity contribution in [1.29, 1.82) is 0 Å². The molecule has 1 N–H and O–H groups in total. The highest BCUT2D eigenvalue weighted by Gasteiger charge is 2.14. The van der Waals surface area contributed by atoms with E-state index in [1.54, 1.807) is 43.6 Å². The summed E-state index contributed by atoms with van der Waals surface area (Å²) in [5.74, 6) is -0.369. The summed E-state index contributed by atoms with van der Waals surface area (Å²) in [6, 6.07) is 6.68. The van der Waals surface area contributed by atoms with E-state index >= 15 is 0 Å². The zero-order valence-electron chi connectivity index (χ0n) is 9.84. The van der Waals surface area contributed by atoms with Crippen LogP contribution >= 0.6 is 0 Å². The fourth-order valence-electron chi connectivity index (χ4n) is 1.68. The molecule has 2 aromatic rings. The first-order valence-electron chi connectivity index (χ1n) is 5.54. The minimum Gasteiger partial charge on any atom is -0.462 e. The molecule has 0 aliphatic carbocycles. The zero-order chi connectivity index (χ0) is 13.0. The Labute approximate surface area is 104 Å². The highest BCUT2D eigenvalue weighted by molar-refractivity contribution is 5.97. The second-order valence-corrected chi connectivity index (χ2v) is 3.64. The summed E-state index contributed by atoms with van der Waals surface area (Å²) >= 11 is 0. The SMILES string of the molecule is CCOC(=O)c1c[nH]cc1-c1ccc(N=O)cc1. The summed E-state index contributed by atoms with van der Waals surface area (Å²) in [4.78, 5) is 24.9. The van der Waals surface area contributed by atoms with Crippen LogP contribution in [0.4, 0.5) is 5.69 Å². The molecular weight excluding hydrogens is 232 g/mol. The standard InChI is InChI=1S/C13H12N2O3/c1-2-18-13(16)12-8-14-7-11(12)9-3-5-10(15-17)6-4-9/h3-8,14H,2H2,1H3. The molecule has 0 aliphatic rings. The molecule has 0 spiro atoms. The minimum atomic E-state index is -0.369. The van der Waals surface area contributed by atoms with Crippen LogP contribution in [0.3, 0.4) is 0 Å². The molecule has 0 bridgehead atoms. The average Bonchev–Trinajstić information content (AvgIpc) is 2.88. The van der Waals surface area contributed by atoms with Crippen molar-refractivity contribution < 1.29 is 9.53 Å². The summed E-state index contributed by atoms with van der Waals surface area (Å²) in [7, 11) is 0. The number of carbonyl (C=O) groups is 1. The Kier molecular flexibility index (Phi) is 3.52. The van der Waals surface area contributed by atoms with Crippen LogP contribution in [0.15, 0.2) is 41.8 Å². The molecule has 0 saturated carbocycles.